The van der Waals surface area contributed by atoms with Gasteiger partial charge in [0.25, 0.3) is 0 Å². The van der Waals surface area contributed by atoms with Gasteiger partial charge in [-0.25, -0.2) is 19.2 Å². The standard InChI is InChI=1S/C32H24Br4O10S4/c33-14-4-10-47-24(14)28(37)41-18-19(42-29(38)25-15(34)5-11-48-25)21(44-31(40)27-17(36)7-13-50-27)23-22(45-32(46-23)8-2-1-3-9-32)20(18)43-30(39)26-16(35)6-12-49-26/h4-7,10-13,18-23H,1-3,8-9H2/t18-,19+,20+,21-,22-,23+. The lowest BCUT2D eigenvalue weighted by Gasteiger charge is -2.44. The molecule has 3 fully saturated rings. The summed E-state index contributed by atoms with van der Waals surface area (Å²) < 4.78 is 40.2. The molecule has 0 radical (unpaired) electrons. The summed E-state index contributed by atoms with van der Waals surface area (Å²) in [5.41, 5.74) is 0. The van der Waals surface area contributed by atoms with Gasteiger partial charge in [-0.15, -0.1) is 45.3 Å². The number of fused-ring (bicyclic) bond motifs is 1. The van der Waals surface area contributed by atoms with Crippen LogP contribution in [0.2, 0.25) is 0 Å². The highest BCUT2D eigenvalue weighted by molar-refractivity contribution is 9.11. The molecule has 18 heteroatoms. The Morgan fingerprint density at radius 1 is 0.520 bits per heavy atom. The number of halogens is 4. The smallest absolute Gasteiger partial charge is 0.350 e. The van der Waals surface area contributed by atoms with Crippen molar-refractivity contribution in [3.63, 3.8) is 0 Å². The first-order valence-electron chi connectivity index (χ1n) is 15.2. The second-order valence-electron chi connectivity index (χ2n) is 11.5. The van der Waals surface area contributed by atoms with Gasteiger partial charge in [-0.1, -0.05) is 6.42 Å². The van der Waals surface area contributed by atoms with Gasteiger partial charge in [0.1, 0.15) is 31.7 Å². The molecule has 0 unspecified atom stereocenters. The van der Waals surface area contributed by atoms with Crippen LogP contribution in [-0.2, 0) is 28.4 Å². The van der Waals surface area contributed by atoms with E-state index in [4.69, 9.17) is 28.4 Å². The van der Waals surface area contributed by atoms with Gasteiger partial charge in [0.2, 0.25) is 0 Å². The van der Waals surface area contributed by atoms with Crippen molar-refractivity contribution in [2.24, 2.45) is 0 Å². The number of hydrogen-bond donors (Lipinski definition) is 0. The first-order chi connectivity index (χ1) is 24.0. The Hall–Kier alpha value is -1.48. The van der Waals surface area contributed by atoms with Crippen molar-refractivity contribution in [2.75, 3.05) is 0 Å². The van der Waals surface area contributed by atoms with Gasteiger partial charge in [-0.05, 0) is 122 Å². The van der Waals surface area contributed by atoms with E-state index >= 15 is 0 Å². The van der Waals surface area contributed by atoms with Crippen LogP contribution in [-0.4, -0.2) is 66.3 Å². The molecule has 264 valence electrons. The highest BCUT2D eigenvalue weighted by Gasteiger charge is 2.65. The van der Waals surface area contributed by atoms with E-state index in [1.165, 1.54) is 0 Å². The Balaban J connectivity index is 1.35. The van der Waals surface area contributed by atoms with Crippen LogP contribution in [0.1, 0.15) is 70.8 Å². The zero-order chi connectivity index (χ0) is 35.2. The van der Waals surface area contributed by atoms with Crippen molar-refractivity contribution in [3.05, 3.63) is 83.2 Å². The number of carbonyl (C=O) groups is 4. The summed E-state index contributed by atoms with van der Waals surface area (Å²) in [5.74, 6) is -4.07. The van der Waals surface area contributed by atoms with Crippen molar-refractivity contribution >= 4 is 133 Å². The topological polar surface area (TPSA) is 124 Å². The second kappa shape index (κ2) is 15.5. The molecule has 1 aliphatic heterocycles. The third-order valence-electron chi connectivity index (χ3n) is 8.44. The molecule has 0 amide bonds. The molecule has 0 aromatic carbocycles. The second-order valence-corrected chi connectivity index (χ2v) is 18.6. The zero-order valence-corrected chi connectivity index (χ0v) is 35.0. The minimum Gasteiger partial charge on any atom is -0.451 e. The predicted octanol–water partition coefficient (Wildman–Crippen LogP) is 9.64. The number of carbonyl (C=O) groups excluding carboxylic acids is 4. The van der Waals surface area contributed by atoms with Gasteiger partial charge < -0.3 is 28.4 Å². The van der Waals surface area contributed by atoms with Gasteiger partial charge >= 0.3 is 23.9 Å². The van der Waals surface area contributed by atoms with Crippen LogP contribution in [0.5, 0.6) is 0 Å². The van der Waals surface area contributed by atoms with Crippen LogP contribution in [0.4, 0.5) is 0 Å². The van der Waals surface area contributed by atoms with Crippen molar-refractivity contribution < 1.29 is 47.6 Å². The van der Waals surface area contributed by atoms with Crippen molar-refractivity contribution in [3.8, 4) is 0 Å². The van der Waals surface area contributed by atoms with Crippen molar-refractivity contribution in [2.45, 2.75) is 74.5 Å². The summed E-state index contributed by atoms with van der Waals surface area (Å²) in [5, 5.41) is 6.87. The number of thiophene rings is 4. The summed E-state index contributed by atoms with van der Waals surface area (Å²) in [7, 11) is 0. The number of ether oxygens (including phenoxy) is 6. The average molecular weight is 1020 g/mol. The van der Waals surface area contributed by atoms with E-state index < -0.39 is 66.3 Å². The Kier molecular flexibility index (Phi) is 11.4. The zero-order valence-electron chi connectivity index (χ0n) is 25.3. The summed E-state index contributed by atoms with van der Waals surface area (Å²) in [6.07, 6.45) is -4.18. The minimum atomic E-state index is -1.50. The van der Waals surface area contributed by atoms with E-state index in [1.54, 1.807) is 45.8 Å². The normalized spacial score (nSPS) is 25.5. The third kappa shape index (κ3) is 7.35. The Bertz CT molecular complexity index is 1780. The Morgan fingerprint density at radius 2 is 0.820 bits per heavy atom. The summed E-state index contributed by atoms with van der Waals surface area (Å²) >= 11 is 18.2. The van der Waals surface area contributed by atoms with Crippen LogP contribution in [0.25, 0.3) is 0 Å². The van der Waals surface area contributed by atoms with E-state index in [0.717, 1.165) is 64.6 Å². The maximum Gasteiger partial charge on any atom is 0.350 e. The van der Waals surface area contributed by atoms with Crippen LogP contribution < -0.4 is 0 Å². The third-order valence-corrected chi connectivity index (χ3v) is 15.7. The SMILES string of the molecule is O=C(O[C@@H]1[C@H](OC(=O)c2sccc2Br)[C@@H](OC(=O)c2sccc2Br)[C@@H]2OC3(CCCCC3)O[C@@H]2[C@H]1OC(=O)c1sccc1Br)c1sccc1Br. The van der Waals surface area contributed by atoms with E-state index in [-0.39, 0.29) is 19.5 Å². The fourth-order valence-corrected chi connectivity index (χ4v) is 11.9. The first kappa shape index (κ1) is 36.9. The lowest BCUT2D eigenvalue weighted by molar-refractivity contribution is -0.203. The van der Waals surface area contributed by atoms with Crippen LogP contribution >= 0.6 is 109 Å². The van der Waals surface area contributed by atoms with Gasteiger partial charge in [-0.2, -0.15) is 0 Å². The first-order valence-corrected chi connectivity index (χ1v) is 21.9. The molecule has 2 saturated carbocycles. The largest absolute Gasteiger partial charge is 0.451 e. The molecule has 6 atom stereocenters. The number of hydrogen-bond acceptors (Lipinski definition) is 14. The molecule has 0 N–H and O–H groups in total. The maximum atomic E-state index is 13.9. The molecule has 4 aromatic rings. The van der Waals surface area contributed by atoms with E-state index in [0.29, 0.717) is 30.7 Å². The summed E-state index contributed by atoms with van der Waals surface area (Å²) in [6, 6.07) is 6.81. The molecular weight excluding hydrogens is 992 g/mol. The molecule has 10 nitrogen and oxygen atoms in total. The van der Waals surface area contributed by atoms with Crippen molar-refractivity contribution in [1.82, 2.24) is 0 Å². The molecule has 2 aliphatic carbocycles. The van der Waals surface area contributed by atoms with Crippen LogP contribution in [0, 0.1) is 0 Å². The summed E-state index contributed by atoms with van der Waals surface area (Å²) in [4.78, 5) is 56.3. The molecule has 1 saturated heterocycles. The van der Waals surface area contributed by atoms with Gasteiger partial charge in [0.15, 0.2) is 30.2 Å². The molecule has 50 heavy (non-hydrogen) atoms. The van der Waals surface area contributed by atoms with Crippen LogP contribution in [0.3, 0.4) is 0 Å². The quantitative estimate of drug-likeness (QED) is 0.125. The molecule has 7 rings (SSSR count). The Morgan fingerprint density at radius 3 is 1.10 bits per heavy atom. The van der Waals surface area contributed by atoms with Crippen LogP contribution in [0.15, 0.2) is 63.7 Å². The summed E-state index contributed by atoms with van der Waals surface area (Å²) in [6.45, 7) is 0. The maximum absolute atomic E-state index is 13.9. The average Bonchev–Trinajstić information content (AvgIpc) is 3.93. The van der Waals surface area contributed by atoms with E-state index in [1.807, 2.05) is 0 Å². The molecule has 3 aliphatic rings. The lowest BCUT2D eigenvalue weighted by atomic mass is 9.84. The molecule has 0 bridgehead atoms. The van der Waals surface area contributed by atoms with Gasteiger partial charge in [0, 0.05) is 30.7 Å². The van der Waals surface area contributed by atoms with E-state index in [9.17, 15) is 19.2 Å². The number of esters is 4. The molecule has 4 aromatic heterocycles. The minimum absolute atomic E-state index is 0.229. The van der Waals surface area contributed by atoms with E-state index in [2.05, 4.69) is 63.7 Å². The van der Waals surface area contributed by atoms with Crippen molar-refractivity contribution in [1.29, 1.82) is 0 Å². The Labute approximate surface area is 335 Å². The van der Waals surface area contributed by atoms with Gasteiger partial charge in [0.05, 0.1) is 0 Å². The van der Waals surface area contributed by atoms with Gasteiger partial charge in [-0.3, -0.25) is 0 Å². The molecular formula is C32H24Br4O10S4. The molecule has 1 spiro atoms. The highest BCUT2D eigenvalue weighted by Crippen LogP contribution is 2.48. The number of rotatable bonds is 8. The fourth-order valence-electron chi connectivity index (χ4n) is 6.24. The molecule has 5 heterocycles. The fraction of sp³-hybridized carbons (Fsp3) is 0.375. The lowest BCUT2D eigenvalue weighted by Crippen LogP contribution is -2.66. The monoisotopic (exact) mass is 1010 g/mol. The highest BCUT2D eigenvalue weighted by atomic mass is 79.9. The predicted molar refractivity (Wildman–Crippen MR) is 200 cm³/mol.